The van der Waals surface area contributed by atoms with E-state index in [2.05, 4.69) is 31.1 Å². The van der Waals surface area contributed by atoms with Crippen LogP contribution in [0.3, 0.4) is 0 Å². The summed E-state index contributed by atoms with van der Waals surface area (Å²) in [6.07, 6.45) is 5.60. The first kappa shape index (κ1) is 15.1. The highest BCUT2D eigenvalue weighted by Crippen LogP contribution is 2.42. The molecule has 0 bridgehead atoms. The summed E-state index contributed by atoms with van der Waals surface area (Å²) >= 11 is 7.79. The molecule has 1 saturated carbocycles. The number of thioether (sulfide) groups is 1. The van der Waals surface area contributed by atoms with E-state index >= 15 is 0 Å². The lowest BCUT2D eigenvalue weighted by atomic mass is 9.73. The van der Waals surface area contributed by atoms with Crippen LogP contribution in [-0.2, 0) is 0 Å². The fraction of sp³-hybridized carbons (Fsp3) is 0.667. The number of nitrogens with zero attached hydrogens (tertiary/aromatic N) is 1. The minimum Gasteiger partial charge on any atom is -0.313 e. The fourth-order valence-electron chi connectivity index (χ4n) is 2.93. The minimum absolute atomic E-state index is 0.359. The van der Waals surface area contributed by atoms with Gasteiger partial charge < -0.3 is 5.32 Å². The van der Waals surface area contributed by atoms with Crippen molar-refractivity contribution < 1.29 is 0 Å². The van der Waals surface area contributed by atoms with Crippen molar-refractivity contribution in [2.75, 3.05) is 6.54 Å². The molecule has 106 valence electrons. The van der Waals surface area contributed by atoms with E-state index in [0.29, 0.717) is 21.7 Å². The van der Waals surface area contributed by atoms with Crippen LogP contribution in [0.2, 0.25) is 5.02 Å². The summed E-state index contributed by atoms with van der Waals surface area (Å²) in [6.45, 7) is 7.97. The number of nitrogens with one attached hydrogen (secondary N) is 1. The van der Waals surface area contributed by atoms with Crippen LogP contribution in [0.25, 0.3) is 0 Å². The number of rotatable bonds is 4. The average molecular weight is 299 g/mol. The highest BCUT2D eigenvalue weighted by molar-refractivity contribution is 7.99. The Kier molecular flexibility index (Phi) is 5.15. The molecule has 19 heavy (non-hydrogen) atoms. The number of aromatic nitrogens is 1. The summed E-state index contributed by atoms with van der Waals surface area (Å²) < 4.78 is 0. The van der Waals surface area contributed by atoms with Gasteiger partial charge in [0.1, 0.15) is 0 Å². The van der Waals surface area contributed by atoms with Crippen molar-refractivity contribution in [1.29, 1.82) is 0 Å². The largest absolute Gasteiger partial charge is 0.313 e. The molecule has 0 saturated heterocycles. The Bertz CT molecular complexity index is 405. The first-order valence-corrected chi connectivity index (χ1v) is 8.30. The Hall–Kier alpha value is -0.250. The van der Waals surface area contributed by atoms with Crippen molar-refractivity contribution in [2.45, 2.75) is 56.4 Å². The molecule has 0 spiro atoms. The van der Waals surface area contributed by atoms with Gasteiger partial charge in [0.2, 0.25) is 0 Å². The van der Waals surface area contributed by atoms with E-state index in [1.165, 1.54) is 19.3 Å². The van der Waals surface area contributed by atoms with Crippen LogP contribution in [-0.4, -0.2) is 22.8 Å². The normalized spacial score (nSPS) is 26.3. The zero-order valence-electron chi connectivity index (χ0n) is 11.9. The van der Waals surface area contributed by atoms with Crippen LogP contribution in [0.1, 0.15) is 40.0 Å². The van der Waals surface area contributed by atoms with Gasteiger partial charge in [-0.15, -0.1) is 11.8 Å². The van der Waals surface area contributed by atoms with Crippen LogP contribution in [0.4, 0.5) is 0 Å². The zero-order valence-corrected chi connectivity index (χ0v) is 13.5. The number of halogens is 1. The molecule has 0 amide bonds. The van der Waals surface area contributed by atoms with Gasteiger partial charge in [-0.2, -0.15) is 0 Å². The second kappa shape index (κ2) is 6.47. The molecule has 0 aromatic carbocycles. The smallest absolute Gasteiger partial charge is 0.0964 e. The summed E-state index contributed by atoms with van der Waals surface area (Å²) in [5.74, 6) is 0. The molecule has 2 rings (SSSR count). The maximum atomic E-state index is 5.89. The third-order valence-corrected chi connectivity index (χ3v) is 5.44. The minimum atomic E-state index is 0.359. The average Bonchev–Trinajstić information content (AvgIpc) is 2.36. The maximum absolute atomic E-state index is 5.89. The molecule has 2 nitrogen and oxygen atoms in total. The van der Waals surface area contributed by atoms with Gasteiger partial charge in [0.25, 0.3) is 0 Å². The van der Waals surface area contributed by atoms with Crippen LogP contribution < -0.4 is 5.32 Å². The van der Waals surface area contributed by atoms with Gasteiger partial charge in [0.05, 0.1) is 10.0 Å². The molecule has 1 heterocycles. The van der Waals surface area contributed by atoms with Crippen molar-refractivity contribution >= 4 is 23.4 Å². The van der Waals surface area contributed by atoms with Gasteiger partial charge in [-0.05, 0) is 36.9 Å². The highest BCUT2D eigenvalue weighted by Gasteiger charge is 2.38. The monoisotopic (exact) mass is 298 g/mol. The lowest BCUT2D eigenvalue weighted by molar-refractivity contribution is 0.176. The molecule has 0 radical (unpaired) electrons. The van der Waals surface area contributed by atoms with E-state index in [9.17, 15) is 0 Å². The van der Waals surface area contributed by atoms with Crippen LogP contribution in [0.5, 0.6) is 0 Å². The fourth-order valence-corrected chi connectivity index (χ4v) is 4.49. The first-order chi connectivity index (χ1) is 9.03. The molecule has 1 N–H and O–H groups in total. The summed E-state index contributed by atoms with van der Waals surface area (Å²) in [6, 6.07) is 4.50. The van der Waals surface area contributed by atoms with Gasteiger partial charge in [-0.3, -0.25) is 0 Å². The van der Waals surface area contributed by atoms with Gasteiger partial charge in [-0.1, -0.05) is 38.8 Å². The van der Waals surface area contributed by atoms with E-state index in [4.69, 9.17) is 11.6 Å². The van der Waals surface area contributed by atoms with Gasteiger partial charge >= 0.3 is 0 Å². The molecule has 1 aliphatic rings. The molecule has 4 heteroatoms. The third kappa shape index (κ3) is 3.87. The van der Waals surface area contributed by atoms with Crippen molar-refractivity contribution in [3.05, 3.63) is 23.4 Å². The highest BCUT2D eigenvalue weighted by atomic mass is 35.5. The number of hydrogen-bond donors (Lipinski definition) is 1. The van der Waals surface area contributed by atoms with Gasteiger partial charge in [0.15, 0.2) is 0 Å². The van der Waals surface area contributed by atoms with E-state index in [1.54, 1.807) is 6.20 Å². The van der Waals surface area contributed by atoms with E-state index in [-0.39, 0.29) is 0 Å². The van der Waals surface area contributed by atoms with E-state index in [0.717, 1.165) is 11.6 Å². The number of pyridine rings is 1. The summed E-state index contributed by atoms with van der Waals surface area (Å²) in [7, 11) is 0. The topological polar surface area (TPSA) is 24.9 Å². The molecule has 1 aliphatic carbocycles. The Balaban J connectivity index is 2.10. The molecular formula is C15H23ClN2S. The predicted octanol–water partition coefficient (Wildman–Crippen LogP) is 4.38. The van der Waals surface area contributed by atoms with Crippen LogP contribution in [0.15, 0.2) is 23.4 Å². The third-order valence-electron chi connectivity index (χ3n) is 3.92. The van der Waals surface area contributed by atoms with Crippen molar-refractivity contribution in [1.82, 2.24) is 10.3 Å². The Morgan fingerprint density at radius 2 is 2.26 bits per heavy atom. The Morgan fingerprint density at radius 1 is 1.47 bits per heavy atom. The lowest BCUT2D eigenvalue weighted by Gasteiger charge is -2.44. The predicted molar refractivity (Wildman–Crippen MR) is 84.0 cm³/mol. The Morgan fingerprint density at radius 3 is 2.89 bits per heavy atom. The van der Waals surface area contributed by atoms with Gasteiger partial charge in [0, 0.05) is 17.5 Å². The molecule has 1 aromatic heterocycles. The standard InChI is InChI=1S/C15H23ClN2S/c1-4-17-14-12(6-5-9-15(14,2)3)19-13-8-7-11(16)10-18-13/h7-8,10,12,14,17H,4-6,9H2,1-3H3. The molecule has 1 fully saturated rings. The molecule has 1 aromatic rings. The molecule has 0 aliphatic heterocycles. The quantitative estimate of drug-likeness (QED) is 0.892. The summed E-state index contributed by atoms with van der Waals surface area (Å²) in [5.41, 5.74) is 0.359. The van der Waals surface area contributed by atoms with Crippen LogP contribution >= 0.6 is 23.4 Å². The Labute approximate surface area is 125 Å². The second-order valence-electron chi connectivity index (χ2n) is 5.89. The van der Waals surface area contributed by atoms with Crippen molar-refractivity contribution in [3.63, 3.8) is 0 Å². The van der Waals surface area contributed by atoms with Crippen molar-refractivity contribution in [3.8, 4) is 0 Å². The van der Waals surface area contributed by atoms with Crippen LogP contribution in [0, 0.1) is 5.41 Å². The van der Waals surface area contributed by atoms with E-state index < -0.39 is 0 Å². The molecule has 2 unspecified atom stereocenters. The second-order valence-corrected chi connectivity index (χ2v) is 7.58. The molecular weight excluding hydrogens is 276 g/mol. The summed E-state index contributed by atoms with van der Waals surface area (Å²) in [4.78, 5) is 4.42. The SMILES string of the molecule is CCNC1C(Sc2ccc(Cl)cn2)CCCC1(C)C. The van der Waals surface area contributed by atoms with Gasteiger partial charge in [-0.25, -0.2) is 4.98 Å². The van der Waals surface area contributed by atoms with E-state index in [1.807, 2.05) is 23.9 Å². The lowest BCUT2D eigenvalue weighted by Crippen LogP contribution is -2.51. The molecule has 2 atom stereocenters. The first-order valence-electron chi connectivity index (χ1n) is 7.04. The number of hydrogen-bond acceptors (Lipinski definition) is 3. The van der Waals surface area contributed by atoms with Crippen molar-refractivity contribution in [2.24, 2.45) is 5.41 Å². The summed E-state index contributed by atoms with van der Waals surface area (Å²) in [5, 5.41) is 6.06. The maximum Gasteiger partial charge on any atom is 0.0964 e. The zero-order chi connectivity index (χ0) is 13.9.